The Bertz CT molecular complexity index is 643. The minimum atomic E-state index is -0.557. The number of hydrogen-bond donors (Lipinski definition) is 0. The fourth-order valence-electron chi connectivity index (χ4n) is 2.09. The Balaban J connectivity index is 2.00. The molecule has 2 aromatic rings. The average molecular weight is 281 g/mol. The van der Waals surface area contributed by atoms with Crippen LogP contribution in [0, 0.1) is 10.1 Å². The Labute approximate surface area is 112 Å². The maximum absolute atomic E-state index is 11.1. The summed E-state index contributed by atoms with van der Waals surface area (Å²) in [5.41, 5.74) is -0.260. The van der Waals surface area contributed by atoms with Crippen molar-refractivity contribution in [3.8, 4) is 0 Å². The maximum atomic E-state index is 11.1. The first-order valence-corrected chi connectivity index (χ1v) is 5.94. The number of anilines is 1. The monoisotopic (exact) mass is 280 g/mol. The minimum absolute atomic E-state index is 0.149. The summed E-state index contributed by atoms with van der Waals surface area (Å²) in [4.78, 5) is 24.2. The molecule has 0 saturated heterocycles. The van der Waals surface area contributed by atoms with E-state index >= 15 is 0 Å². The number of aromatic nitrogens is 4. The molecule has 0 fully saturated rings. The van der Waals surface area contributed by atoms with Crippen LogP contribution in [0.2, 0.25) is 5.15 Å². The van der Waals surface area contributed by atoms with Gasteiger partial charge in [0.15, 0.2) is 0 Å². The Morgan fingerprint density at radius 3 is 2.95 bits per heavy atom. The lowest BCUT2D eigenvalue weighted by Gasteiger charge is -2.28. The highest BCUT2D eigenvalue weighted by molar-refractivity contribution is 6.31. The normalized spacial score (nSPS) is 14.3. The van der Waals surface area contributed by atoms with Crippen LogP contribution in [0.25, 0.3) is 0 Å². The summed E-state index contributed by atoms with van der Waals surface area (Å²) < 4.78 is 2.01. The highest BCUT2D eigenvalue weighted by Gasteiger charge is 2.28. The number of rotatable bonds is 2. The topological polar surface area (TPSA) is 90.0 Å². The van der Waals surface area contributed by atoms with Gasteiger partial charge in [0.05, 0.1) is 11.5 Å². The fraction of sp³-hybridized carbons (Fsp3) is 0.300. The van der Waals surface area contributed by atoms with E-state index in [1.165, 1.54) is 6.33 Å². The van der Waals surface area contributed by atoms with Gasteiger partial charge >= 0.3 is 5.69 Å². The summed E-state index contributed by atoms with van der Waals surface area (Å²) in [5.74, 6) is 1.08. The van der Waals surface area contributed by atoms with Crippen molar-refractivity contribution in [2.75, 3.05) is 11.4 Å². The molecule has 3 rings (SSSR count). The van der Waals surface area contributed by atoms with Gasteiger partial charge in [0.25, 0.3) is 0 Å². The first-order chi connectivity index (χ1) is 9.16. The lowest BCUT2D eigenvalue weighted by molar-refractivity contribution is -0.384. The number of nitrogens with zero attached hydrogens (tertiary/aromatic N) is 6. The Morgan fingerprint density at radius 1 is 1.32 bits per heavy atom. The lowest BCUT2D eigenvalue weighted by atomic mass is 10.3. The van der Waals surface area contributed by atoms with Crippen molar-refractivity contribution in [3.63, 3.8) is 0 Å². The Morgan fingerprint density at radius 2 is 2.16 bits per heavy atom. The molecular weight excluding hydrogens is 272 g/mol. The molecule has 0 atom stereocenters. The molecule has 0 aromatic carbocycles. The van der Waals surface area contributed by atoms with E-state index in [9.17, 15) is 10.1 Å². The maximum Gasteiger partial charge on any atom is 0.348 e. The molecule has 1 aliphatic heterocycles. The SMILES string of the molecule is O=[N+]([O-])c1c(Cl)ncnc1N1CCn2ccnc2C1. The van der Waals surface area contributed by atoms with Crippen LogP contribution in [0.5, 0.6) is 0 Å². The predicted octanol–water partition coefficient (Wildman–Crippen LogP) is 1.25. The summed E-state index contributed by atoms with van der Waals surface area (Å²) in [6.45, 7) is 1.77. The third kappa shape index (κ3) is 1.99. The second kappa shape index (κ2) is 4.47. The molecule has 0 radical (unpaired) electrons. The molecule has 3 heterocycles. The molecule has 2 aromatic heterocycles. The zero-order valence-corrected chi connectivity index (χ0v) is 10.5. The van der Waals surface area contributed by atoms with Crippen LogP contribution >= 0.6 is 11.6 Å². The number of halogens is 1. The fourth-order valence-corrected chi connectivity index (χ4v) is 2.29. The zero-order valence-electron chi connectivity index (χ0n) is 9.73. The van der Waals surface area contributed by atoms with Crippen molar-refractivity contribution in [2.45, 2.75) is 13.1 Å². The van der Waals surface area contributed by atoms with E-state index in [1.807, 2.05) is 10.8 Å². The second-order valence-corrected chi connectivity index (χ2v) is 4.41. The molecule has 0 amide bonds. The van der Waals surface area contributed by atoms with E-state index in [0.717, 1.165) is 5.82 Å². The molecule has 98 valence electrons. The zero-order chi connectivity index (χ0) is 13.4. The van der Waals surface area contributed by atoms with Gasteiger partial charge in [0.1, 0.15) is 12.2 Å². The van der Waals surface area contributed by atoms with Crippen molar-refractivity contribution < 1.29 is 4.92 Å². The second-order valence-electron chi connectivity index (χ2n) is 4.05. The Hall–Kier alpha value is -2.22. The summed E-state index contributed by atoms with van der Waals surface area (Å²) in [5, 5.41) is 10.9. The van der Waals surface area contributed by atoms with Crippen LogP contribution in [0.1, 0.15) is 5.82 Å². The molecular formula is C10H9ClN6O2. The van der Waals surface area contributed by atoms with E-state index in [4.69, 9.17) is 11.6 Å². The van der Waals surface area contributed by atoms with Crippen molar-refractivity contribution in [2.24, 2.45) is 0 Å². The van der Waals surface area contributed by atoms with Gasteiger partial charge < -0.3 is 9.47 Å². The molecule has 0 aliphatic carbocycles. The molecule has 0 saturated carbocycles. The Kier molecular flexibility index (Phi) is 2.79. The van der Waals surface area contributed by atoms with Crippen molar-refractivity contribution in [1.82, 2.24) is 19.5 Å². The number of nitro groups is 1. The van der Waals surface area contributed by atoms with Gasteiger partial charge in [-0.05, 0) is 0 Å². The van der Waals surface area contributed by atoms with Crippen LogP contribution in [0.3, 0.4) is 0 Å². The van der Waals surface area contributed by atoms with Gasteiger partial charge in [-0.1, -0.05) is 11.6 Å². The first-order valence-electron chi connectivity index (χ1n) is 5.56. The molecule has 0 bridgehead atoms. The summed E-state index contributed by atoms with van der Waals surface area (Å²) in [6, 6.07) is 0. The quantitative estimate of drug-likeness (QED) is 0.467. The van der Waals surface area contributed by atoms with E-state index in [1.54, 1.807) is 11.1 Å². The van der Waals surface area contributed by atoms with Gasteiger partial charge in [0, 0.05) is 25.5 Å². The van der Waals surface area contributed by atoms with E-state index in [0.29, 0.717) is 19.6 Å². The third-order valence-electron chi connectivity index (χ3n) is 2.99. The lowest BCUT2D eigenvalue weighted by Crippen LogP contribution is -2.34. The molecule has 1 aliphatic rings. The summed E-state index contributed by atoms with van der Waals surface area (Å²) >= 11 is 5.78. The molecule has 0 N–H and O–H groups in total. The van der Waals surface area contributed by atoms with Crippen LogP contribution in [-0.2, 0) is 13.1 Å². The van der Waals surface area contributed by atoms with Gasteiger partial charge in [-0.15, -0.1) is 0 Å². The standard InChI is InChI=1S/C10H9ClN6O2/c11-9-8(17(18)19)10(14-6-13-9)16-4-3-15-2-1-12-7(15)5-16/h1-2,6H,3-5H2. The van der Waals surface area contributed by atoms with Crippen LogP contribution in [0.4, 0.5) is 11.5 Å². The van der Waals surface area contributed by atoms with Crippen molar-refractivity contribution in [1.29, 1.82) is 0 Å². The third-order valence-corrected chi connectivity index (χ3v) is 3.26. The van der Waals surface area contributed by atoms with Crippen LogP contribution in [-0.4, -0.2) is 31.0 Å². The predicted molar refractivity (Wildman–Crippen MR) is 67.0 cm³/mol. The average Bonchev–Trinajstić information content (AvgIpc) is 2.85. The van der Waals surface area contributed by atoms with E-state index < -0.39 is 4.92 Å². The summed E-state index contributed by atoms with van der Waals surface area (Å²) in [6.07, 6.45) is 4.82. The smallest absolute Gasteiger partial charge is 0.341 e. The largest absolute Gasteiger partial charge is 0.348 e. The molecule has 19 heavy (non-hydrogen) atoms. The molecule has 0 unspecified atom stereocenters. The minimum Gasteiger partial charge on any atom is -0.341 e. The van der Waals surface area contributed by atoms with Gasteiger partial charge in [-0.2, -0.15) is 0 Å². The summed E-state index contributed by atoms with van der Waals surface area (Å²) in [7, 11) is 0. The first kappa shape index (κ1) is 11.8. The van der Waals surface area contributed by atoms with E-state index in [-0.39, 0.29) is 16.7 Å². The van der Waals surface area contributed by atoms with Gasteiger partial charge in [-0.25, -0.2) is 15.0 Å². The van der Waals surface area contributed by atoms with Crippen molar-refractivity contribution >= 4 is 23.1 Å². The molecule has 8 nitrogen and oxygen atoms in total. The van der Waals surface area contributed by atoms with E-state index in [2.05, 4.69) is 15.0 Å². The molecule has 9 heteroatoms. The van der Waals surface area contributed by atoms with Crippen molar-refractivity contribution in [3.05, 3.63) is 39.8 Å². The van der Waals surface area contributed by atoms with Crippen LogP contribution < -0.4 is 4.90 Å². The number of imidazole rings is 1. The van der Waals surface area contributed by atoms with Gasteiger partial charge in [-0.3, -0.25) is 10.1 Å². The van der Waals surface area contributed by atoms with Gasteiger partial charge in [0.2, 0.25) is 11.0 Å². The van der Waals surface area contributed by atoms with Crippen LogP contribution in [0.15, 0.2) is 18.7 Å². The highest BCUT2D eigenvalue weighted by atomic mass is 35.5. The number of hydrogen-bond acceptors (Lipinski definition) is 6. The number of fused-ring (bicyclic) bond motifs is 1. The molecule has 0 spiro atoms. The highest BCUT2D eigenvalue weighted by Crippen LogP contribution is 2.32.